The van der Waals surface area contributed by atoms with Crippen molar-refractivity contribution in [1.82, 2.24) is 15.1 Å². The second kappa shape index (κ2) is 7.30. The number of amides is 3. The monoisotopic (exact) mass is 349 g/mol. The molecule has 3 amide bonds. The van der Waals surface area contributed by atoms with E-state index in [1.54, 1.807) is 0 Å². The zero-order valence-corrected chi connectivity index (χ0v) is 14.7. The number of urea groups is 1. The van der Waals surface area contributed by atoms with Crippen molar-refractivity contribution in [3.63, 3.8) is 0 Å². The van der Waals surface area contributed by atoms with Crippen LogP contribution in [0.5, 0.6) is 0 Å². The third-order valence-electron chi connectivity index (χ3n) is 5.26. The Bertz CT molecular complexity index is 778. The Hall–Kier alpha value is -2.66. The molecular weight excluding hydrogens is 326 g/mol. The number of nitrogens with one attached hydrogen (secondary N) is 1. The van der Waals surface area contributed by atoms with Gasteiger partial charge in [0.15, 0.2) is 0 Å². The van der Waals surface area contributed by atoms with Gasteiger partial charge in [0.25, 0.3) is 5.91 Å². The average molecular weight is 349 g/mol. The van der Waals surface area contributed by atoms with Crippen molar-refractivity contribution in [2.45, 2.75) is 31.3 Å². The van der Waals surface area contributed by atoms with Crippen molar-refractivity contribution in [2.75, 3.05) is 13.2 Å². The molecule has 4 rings (SSSR count). The van der Waals surface area contributed by atoms with Gasteiger partial charge in [-0.1, -0.05) is 60.7 Å². The first-order chi connectivity index (χ1) is 12.7. The number of imide groups is 1. The van der Waals surface area contributed by atoms with Gasteiger partial charge in [-0.05, 0) is 24.0 Å². The fourth-order valence-corrected chi connectivity index (χ4v) is 3.93. The lowest BCUT2D eigenvalue weighted by Crippen LogP contribution is -2.41. The first kappa shape index (κ1) is 16.8. The molecule has 2 aliphatic rings. The van der Waals surface area contributed by atoms with E-state index in [9.17, 15) is 9.59 Å². The maximum absolute atomic E-state index is 12.8. The fraction of sp³-hybridized carbons (Fsp3) is 0.333. The molecule has 134 valence electrons. The molecule has 2 heterocycles. The summed E-state index contributed by atoms with van der Waals surface area (Å²) in [6.45, 7) is 1.26. The second-order valence-corrected chi connectivity index (χ2v) is 6.98. The van der Waals surface area contributed by atoms with Gasteiger partial charge in [-0.15, -0.1) is 0 Å². The number of benzene rings is 2. The molecular formula is C21H23N3O2. The molecule has 5 nitrogen and oxygen atoms in total. The van der Waals surface area contributed by atoms with Crippen LogP contribution in [0.2, 0.25) is 0 Å². The molecule has 5 heteroatoms. The summed E-state index contributed by atoms with van der Waals surface area (Å²) in [5, 5.41) is 2.84. The van der Waals surface area contributed by atoms with Crippen LogP contribution in [0.1, 0.15) is 30.0 Å². The van der Waals surface area contributed by atoms with Crippen LogP contribution in [0.4, 0.5) is 4.79 Å². The Labute approximate surface area is 153 Å². The highest BCUT2D eigenvalue weighted by atomic mass is 16.2. The van der Waals surface area contributed by atoms with Crippen LogP contribution in [-0.2, 0) is 11.2 Å². The molecule has 0 aromatic heterocycles. The first-order valence-corrected chi connectivity index (χ1v) is 9.17. The molecule has 0 radical (unpaired) electrons. The zero-order chi connectivity index (χ0) is 17.9. The number of hydrogen-bond acceptors (Lipinski definition) is 3. The van der Waals surface area contributed by atoms with Crippen LogP contribution in [-0.4, -0.2) is 41.0 Å². The van der Waals surface area contributed by atoms with Crippen molar-refractivity contribution in [3.8, 4) is 0 Å². The standard InChI is InChI=1S/C21H23N3O2/c25-20-18(14-16-8-3-1-4-9-16)22-21(26)24(20)15-23-13-7-12-19(23)17-10-5-2-6-11-17/h1-6,8-11,18-19H,7,12-15H2,(H,22,26)/t18-,19-/m0/s1. The van der Waals surface area contributed by atoms with Crippen LogP contribution < -0.4 is 5.32 Å². The maximum Gasteiger partial charge on any atom is 0.325 e. The summed E-state index contributed by atoms with van der Waals surface area (Å²) in [4.78, 5) is 28.8. The number of likely N-dealkylation sites (tertiary alicyclic amines) is 1. The second-order valence-electron chi connectivity index (χ2n) is 6.98. The average Bonchev–Trinajstić information content (AvgIpc) is 3.24. The molecule has 1 N–H and O–H groups in total. The maximum atomic E-state index is 12.8. The van der Waals surface area contributed by atoms with E-state index in [0.29, 0.717) is 13.1 Å². The highest BCUT2D eigenvalue weighted by molar-refractivity contribution is 6.04. The smallest absolute Gasteiger partial charge is 0.325 e. The quantitative estimate of drug-likeness (QED) is 0.845. The third-order valence-corrected chi connectivity index (χ3v) is 5.26. The Kier molecular flexibility index (Phi) is 4.71. The van der Waals surface area contributed by atoms with Crippen LogP contribution in [0.3, 0.4) is 0 Å². The number of carbonyl (C=O) groups is 2. The molecule has 0 bridgehead atoms. The largest absolute Gasteiger partial charge is 0.325 e. The molecule has 2 aliphatic heterocycles. The summed E-state index contributed by atoms with van der Waals surface area (Å²) in [7, 11) is 0. The van der Waals surface area contributed by atoms with E-state index >= 15 is 0 Å². The topological polar surface area (TPSA) is 52.7 Å². The summed E-state index contributed by atoms with van der Waals surface area (Å²) in [5.41, 5.74) is 2.30. The van der Waals surface area contributed by atoms with E-state index < -0.39 is 6.04 Å². The van der Waals surface area contributed by atoms with E-state index in [4.69, 9.17) is 0 Å². The van der Waals surface area contributed by atoms with Gasteiger partial charge in [0.05, 0.1) is 6.67 Å². The van der Waals surface area contributed by atoms with Gasteiger partial charge >= 0.3 is 6.03 Å². The predicted octanol–water partition coefficient (Wildman–Crippen LogP) is 2.94. The number of rotatable bonds is 5. The van der Waals surface area contributed by atoms with Gasteiger partial charge in [-0.2, -0.15) is 0 Å². The van der Waals surface area contributed by atoms with Gasteiger partial charge in [-0.25, -0.2) is 9.69 Å². The number of nitrogens with zero attached hydrogens (tertiary/aromatic N) is 2. The van der Waals surface area contributed by atoms with E-state index in [-0.39, 0.29) is 18.0 Å². The van der Waals surface area contributed by atoms with Crippen LogP contribution in [0.15, 0.2) is 60.7 Å². The van der Waals surface area contributed by atoms with Crippen molar-refractivity contribution >= 4 is 11.9 Å². The first-order valence-electron chi connectivity index (χ1n) is 9.17. The van der Waals surface area contributed by atoms with Crippen LogP contribution >= 0.6 is 0 Å². The SMILES string of the molecule is O=C1N[C@@H](Cc2ccccc2)C(=O)N1CN1CCC[C@H]1c1ccccc1. The summed E-state index contributed by atoms with van der Waals surface area (Å²) in [6.07, 6.45) is 2.67. The molecule has 0 saturated carbocycles. The van der Waals surface area contributed by atoms with Gasteiger partial charge in [0.2, 0.25) is 0 Å². The lowest BCUT2D eigenvalue weighted by molar-refractivity contribution is -0.129. The highest BCUT2D eigenvalue weighted by Gasteiger charge is 2.40. The summed E-state index contributed by atoms with van der Waals surface area (Å²) in [5.74, 6) is -0.127. The molecule has 2 fully saturated rings. The predicted molar refractivity (Wildman–Crippen MR) is 99.3 cm³/mol. The molecule has 0 spiro atoms. The van der Waals surface area contributed by atoms with E-state index in [2.05, 4.69) is 22.3 Å². The molecule has 2 aromatic carbocycles. The van der Waals surface area contributed by atoms with Crippen LogP contribution in [0.25, 0.3) is 0 Å². The van der Waals surface area contributed by atoms with E-state index in [0.717, 1.165) is 24.9 Å². The van der Waals surface area contributed by atoms with Crippen molar-refractivity contribution in [1.29, 1.82) is 0 Å². The lowest BCUT2D eigenvalue weighted by Gasteiger charge is -2.28. The molecule has 0 unspecified atom stereocenters. The normalized spacial score (nSPS) is 23.5. The molecule has 2 aromatic rings. The van der Waals surface area contributed by atoms with Crippen molar-refractivity contribution < 1.29 is 9.59 Å². The van der Waals surface area contributed by atoms with Gasteiger partial charge < -0.3 is 5.32 Å². The van der Waals surface area contributed by atoms with Gasteiger partial charge in [-0.3, -0.25) is 9.69 Å². The summed E-state index contributed by atoms with van der Waals surface area (Å²) >= 11 is 0. The molecule has 2 atom stereocenters. The minimum Gasteiger partial charge on any atom is -0.325 e. The number of hydrogen-bond donors (Lipinski definition) is 1. The number of carbonyl (C=O) groups excluding carboxylic acids is 2. The Balaban J connectivity index is 1.44. The van der Waals surface area contributed by atoms with Gasteiger partial charge in [0, 0.05) is 19.0 Å². The van der Waals surface area contributed by atoms with Crippen molar-refractivity contribution in [3.05, 3.63) is 71.8 Å². The Morgan fingerprint density at radius 3 is 2.38 bits per heavy atom. The summed E-state index contributed by atoms with van der Waals surface area (Å²) < 4.78 is 0. The Morgan fingerprint density at radius 1 is 0.962 bits per heavy atom. The van der Waals surface area contributed by atoms with E-state index in [1.807, 2.05) is 48.5 Å². The lowest BCUT2D eigenvalue weighted by atomic mass is 10.0. The highest BCUT2D eigenvalue weighted by Crippen LogP contribution is 2.32. The molecule has 0 aliphatic carbocycles. The van der Waals surface area contributed by atoms with E-state index in [1.165, 1.54) is 10.5 Å². The van der Waals surface area contributed by atoms with Gasteiger partial charge in [0.1, 0.15) is 6.04 Å². The zero-order valence-electron chi connectivity index (χ0n) is 14.7. The van der Waals surface area contributed by atoms with Crippen molar-refractivity contribution in [2.24, 2.45) is 0 Å². The molecule has 2 saturated heterocycles. The molecule has 26 heavy (non-hydrogen) atoms. The minimum atomic E-state index is -0.470. The Morgan fingerprint density at radius 2 is 1.65 bits per heavy atom. The fourth-order valence-electron chi connectivity index (χ4n) is 3.93. The van der Waals surface area contributed by atoms with Crippen LogP contribution in [0, 0.1) is 0 Å². The summed E-state index contributed by atoms with van der Waals surface area (Å²) in [6, 6.07) is 19.6. The third kappa shape index (κ3) is 3.35. The minimum absolute atomic E-state index is 0.127.